The molecule has 130 valence electrons. The van der Waals surface area contributed by atoms with E-state index in [2.05, 4.69) is 6.07 Å². The van der Waals surface area contributed by atoms with Crippen molar-refractivity contribution < 1.29 is 4.79 Å². The van der Waals surface area contributed by atoms with Gasteiger partial charge in [0.05, 0.1) is 17.2 Å². The molecule has 2 N–H and O–H groups in total. The van der Waals surface area contributed by atoms with E-state index in [0.29, 0.717) is 27.7 Å². The zero-order valence-corrected chi connectivity index (χ0v) is 15.5. The molecule has 0 saturated heterocycles. The molecule has 3 rings (SSSR count). The maximum Gasteiger partial charge on any atom is 0.250 e. The van der Waals surface area contributed by atoms with E-state index < -0.39 is 5.91 Å². The minimum Gasteiger partial charge on any atom is -0.366 e. The number of halogens is 2. The van der Waals surface area contributed by atoms with Gasteiger partial charge in [0.15, 0.2) is 0 Å². The lowest BCUT2D eigenvalue weighted by molar-refractivity contribution is 0.0999. The second-order valence-corrected chi connectivity index (χ2v) is 6.75. The average molecular weight is 384 g/mol. The van der Waals surface area contributed by atoms with Crippen LogP contribution in [0.3, 0.4) is 0 Å². The topological polar surface area (TPSA) is 71.8 Å². The highest BCUT2D eigenvalue weighted by molar-refractivity contribution is 6.35. The third kappa shape index (κ3) is 3.45. The van der Waals surface area contributed by atoms with Gasteiger partial charge in [0.2, 0.25) is 0 Å². The minimum atomic E-state index is -0.488. The monoisotopic (exact) mass is 383 g/mol. The van der Waals surface area contributed by atoms with Crippen LogP contribution in [0, 0.1) is 18.3 Å². The molecule has 0 saturated carbocycles. The molecular formula is C20H15Cl2N3O. The highest BCUT2D eigenvalue weighted by Gasteiger charge is 2.17. The Morgan fingerprint density at radius 1 is 1.15 bits per heavy atom. The predicted octanol–water partition coefficient (Wildman–Crippen LogP) is 4.79. The Morgan fingerprint density at radius 2 is 1.85 bits per heavy atom. The SMILES string of the molecule is Cc1c(C(N)=O)cc(-c2ccc(C#N)cc2)n1Cc1ccc(Cl)cc1Cl. The summed E-state index contributed by atoms with van der Waals surface area (Å²) in [5.41, 5.74) is 9.88. The van der Waals surface area contributed by atoms with Crippen molar-refractivity contribution in [3.8, 4) is 17.3 Å². The van der Waals surface area contributed by atoms with Gasteiger partial charge in [-0.3, -0.25) is 4.79 Å². The summed E-state index contributed by atoms with van der Waals surface area (Å²) in [6.45, 7) is 2.31. The molecule has 0 bridgehead atoms. The number of carbonyl (C=O) groups is 1. The first-order valence-corrected chi connectivity index (χ1v) is 8.60. The van der Waals surface area contributed by atoms with Gasteiger partial charge < -0.3 is 10.3 Å². The van der Waals surface area contributed by atoms with Crippen LogP contribution in [0.15, 0.2) is 48.5 Å². The predicted molar refractivity (Wildman–Crippen MR) is 103 cm³/mol. The zero-order chi connectivity index (χ0) is 18.8. The van der Waals surface area contributed by atoms with Crippen LogP contribution in [0.5, 0.6) is 0 Å². The van der Waals surface area contributed by atoms with Gasteiger partial charge in [-0.1, -0.05) is 41.4 Å². The molecule has 0 aliphatic carbocycles. The Hall–Kier alpha value is -2.74. The standard InChI is InChI=1S/C20H15Cl2N3O/c1-12-17(20(24)26)9-19(14-4-2-13(10-23)3-5-14)25(12)11-15-6-7-16(21)8-18(15)22/h2-9H,11H2,1H3,(H2,24,26). The zero-order valence-electron chi connectivity index (χ0n) is 14.0. The molecular weight excluding hydrogens is 369 g/mol. The third-order valence-electron chi connectivity index (χ3n) is 4.29. The molecule has 1 heterocycles. The summed E-state index contributed by atoms with van der Waals surface area (Å²) in [6, 6.07) is 16.4. The number of amides is 1. The maximum absolute atomic E-state index is 11.8. The fourth-order valence-electron chi connectivity index (χ4n) is 2.87. The molecule has 1 aromatic heterocycles. The van der Waals surface area contributed by atoms with E-state index in [9.17, 15) is 4.79 Å². The maximum atomic E-state index is 11.8. The van der Waals surface area contributed by atoms with Gasteiger partial charge in [0, 0.05) is 28.0 Å². The number of primary amides is 1. The summed E-state index contributed by atoms with van der Waals surface area (Å²) in [5, 5.41) is 10.1. The van der Waals surface area contributed by atoms with Crippen LogP contribution in [-0.2, 0) is 6.54 Å². The molecule has 0 unspecified atom stereocenters. The van der Waals surface area contributed by atoms with Crippen molar-refractivity contribution in [1.29, 1.82) is 5.26 Å². The largest absolute Gasteiger partial charge is 0.366 e. The van der Waals surface area contributed by atoms with Gasteiger partial charge in [-0.2, -0.15) is 5.26 Å². The fourth-order valence-corrected chi connectivity index (χ4v) is 3.34. The Kier molecular flexibility index (Phi) is 5.03. The Labute approximate surface area is 161 Å². The van der Waals surface area contributed by atoms with Crippen LogP contribution < -0.4 is 5.73 Å². The quantitative estimate of drug-likeness (QED) is 0.703. The van der Waals surface area contributed by atoms with Crippen molar-refractivity contribution in [2.75, 3.05) is 0 Å². The lowest BCUT2D eigenvalue weighted by atomic mass is 10.1. The number of nitrogens with zero attached hydrogens (tertiary/aromatic N) is 2. The summed E-state index contributed by atoms with van der Waals surface area (Å²) in [5.74, 6) is -0.488. The Bertz CT molecular complexity index is 1030. The van der Waals surface area contributed by atoms with Crippen molar-refractivity contribution in [1.82, 2.24) is 4.57 Å². The molecule has 0 aliphatic heterocycles. The number of carbonyl (C=O) groups excluding carboxylic acids is 1. The van der Waals surface area contributed by atoms with Gasteiger partial charge in [-0.05, 0) is 48.4 Å². The molecule has 0 fully saturated rings. The molecule has 0 spiro atoms. The first-order valence-electron chi connectivity index (χ1n) is 7.85. The number of hydrogen-bond donors (Lipinski definition) is 1. The van der Waals surface area contributed by atoms with E-state index in [1.807, 2.05) is 29.7 Å². The smallest absolute Gasteiger partial charge is 0.250 e. The lowest BCUT2D eigenvalue weighted by Gasteiger charge is -2.14. The fraction of sp³-hybridized carbons (Fsp3) is 0.100. The first kappa shape index (κ1) is 18.1. The van der Waals surface area contributed by atoms with Crippen LogP contribution in [0.4, 0.5) is 0 Å². The number of nitriles is 1. The summed E-state index contributed by atoms with van der Waals surface area (Å²) < 4.78 is 1.98. The summed E-state index contributed by atoms with van der Waals surface area (Å²) in [7, 11) is 0. The Morgan fingerprint density at radius 3 is 2.42 bits per heavy atom. The van der Waals surface area contributed by atoms with E-state index in [1.165, 1.54) is 0 Å². The second-order valence-electron chi connectivity index (χ2n) is 5.90. The molecule has 1 amide bonds. The van der Waals surface area contributed by atoms with Crippen molar-refractivity contribution >= 4 is 29.1 Å². The van der Waals surface area contributed by atoms with Crippen molar-refractivity contribution in [3.63, 3.8) is 0 Å². The van der Waals surface area contributed by atoms with Crippen molar-refractivity contribution in [2.45, 2.75) is 13.5 Å². The molecule has 4 nitrogen and oxygen atoms in total. The van der Waals surface area contributed by atoms with E-state index in [1.54, 1.807) is 30.3 Å². The van der Waals surface area contributed by atoms with E-state index >= 15 is 0 Å². The number of rotatable bonds is 4. The second kappa shape index (κ2) is 7.25. The summed E-state index contributed by atoms with van der Waals surface area (Å²) in [4.78, 5) is 11.8. The van der Waals surface area contributed by atoms with E-state index in [4.69, 9.17) is 34.2 Å². The normalized spacial score (nSPS) is 10.5. The molecule has 26 heavy (non-hydrogen) atoms. The van der Waals surface area contributed by atoms with Gasteiger partial charge >= 0.3 is 0 Å². The summed E-state index contributed by atoms with van der Waals surface area (Å²) in [6.07, 6.45) is 0. The molecule has 0 atom stereocenters. The number of hydrogen-bond acceptors (Lipinski definition) is 2. The summed E-state index contributed by atoms with van der Waals surface area (Å²) >= 11 is 12.3. The minimum absolute atomic E-state index is 0.453. The van der Waals surface area contributed by atoms with Crippen molar-refractivity contribution in [3.05, 3.63) is 81.0 Å². The third-order valence-corrected chi connectivity index (χ3v) is 4.87. The Balaban J connectivity index is 2.13. The van der Waals surface area contributed by atoms with E-state index in [-0.39, 0.29) is 0 Å². The highest BCUT2D eigenvalue weighted by atomic mass is 35.5. The number of nitrogens with two attached hydrogens (primary N) is 1. The van der Waals surface area contributed by atoms with Gasteiger partial charge in [0.25, 0.3) is 5.91 Å². The van der Waals surface area contributed by atoms with Crippen LogP contribution in [0.2, 0.25) is 10.0 Å². The average Bonchev–Trinajstić information content (AvgIpc) is 2.94. The van der Waals surface area contributed by atoms with Crippen LogP contribution >= 0.6 is 23.2 Å². The van der Waals surface area contributed by atoms with Crippen molar-refractivity contribution in [2.24, 2.45) is 5.73 Å². The molecule has 2 aromatic carbocycles. The van der Waals surface area contributed by atoms with Gasteiger partial charge in [-0.25, -0.2) is 0 Å². The molecule has 0 aliphatic rings. The van der Waals surface area contributed by atoms with Crippen LogP contribution in [0.1, 0.15) is 27.2 Å². The van der Waals surface area contributed by atoms with Crippen LogP contribution in [-0.4, -0.2) is 10.5 Å². The number of benzene rings is 2. The first-order chi connectivity index (χ1) is 12.4. The molecule has 6 heteroatoms. The lowest BCUT2D eigenvalue weighted by Crippen LogP contribution is -2.12. The van der Waals surface area contributed by atoms with Gasteiger partial charge in [-0.15, -0.1) is 0 Å². The number of aromatic nitrogens is 1. The molecule has 3 aromatic rings. The van der Waals surface area contributed by atoms with Gasteiger partial charge in [0.1, 0.15) is 0 Å². The van der Waals surface area contributed by atoms with Crippen LogP contribution in [0.25, 0.3) is 11.3 Å². The highest BCUT2D eigenvalue weighted by Crippen LogP contribution is 2.29. The molecule has 0 radical (unpaired) electrons. The van der Waals surface area contributed by atoms with E-state index in [0.717, 1.165) is 22.5 Å².